The second-order valence-corrected chi connectivity index (χ2v) is 5.72. The van der Waals surface area contributed by atoms with Gasteiger partial charge in [0.25, 0.3) is 0 Å². The number of nitrogens with two attached hydrogens (primary N) is 1. The maximum atomic E-state index is 6.05. The molecule has 3 nitrogen and oxygen atoms in total. The van der Waals surface area contributed by atoms with Crippen LogP contribution >= 0.6 is 15.9 Å². The van der Waals surface area contributed by atoms with E-state index in [1.54, 1.807) is 0 Å². The number of benzene rings is 1. The monoisotopic (exact) mass is 293 g/mol. The Morgan fingerprint density at radius 3 is 2.82 bits per heavy atom. The van der Waals surface area contributed by atoms with Crippen LogP contribution in [-0.4, -0.2) is 16.7 Å². The molecule has 0 bridgehead atoms. The Balaban J connectivity index is 2.22. The Labute approximate surface area is 109 Å². The lowest BCUT2D eigenvalue weighted by Crippen LogP contribution is -2.32. The molecule has 3 N–H and O–H groups in total. The van der Waals surface area contributed by atoms with Crippen molar-refractivity contribution in [3.63, 3.8) is 0 Å². The largest absolute Gasteiger partial charge is 0.330 e. The van der Waals surface area contributed by atoms with E-state index in [-0.39, 0.29) is 5.41 Å². The predicted molar refractivity (Wildman–Crippen MR) is 73.0 cm³/mol. The molecule has 4 heteroatoms. The van der Waals surface area contributed by atoms with Gasteiger partial charge in [0, 0.05) is 17.3 Å². The Morgan fingerprint density at radius 2 is 2.12 bits per heavy atom. The predicted octanol–water partition coefficient (Wildman–Crippen LogP) is 3.10. The molecule has 3 rings (SSSR count). The first-order valence-corrected chi connectivity index (χ1v) is 6.89. The number of rotatable bonds is 2. The first kappa shape index (κ1) is 11.2. The van der Waals surface area contributed by atoms with Gasteiger partial charge in [-0.05, 0) is 34.3 Å². The third-order valence-corrected chi connectivity index (χ3v) is 4.67. The average Bonchev–Trinajstić information content (AvgIpc) is 2.97. The Bertz CT molecular complexity index is 541. The van der Waals surface area contributed by atoms with Crippen LogP contribution in [-0.2, 0) is 5.41 Å². The lowest BCUT2D eigenvalue weighted by molar-refractivity contribution is 0.456. The molecule has 17 heavy (non-hydrogen) atoms. The van der Waals surface area contributed by atoms with E-state index in [4.69, 9.17) is 5.73 Å². The molecule has 1 heterocycles. The van der Waals surface area contributed by atoms with Crippen molar-refractivity contribution >= 4 is 26.8 Å². The Morgan fingerprint density at radius 1 is 1.35 bits per heavy atom. The number of aromatic amines is 1. The minimum absolute atomic E-state index is 0.147. The van der Waals surface area contributed by atoms with Crippen LogP contribution in [0.2, 0.25) is 0 Å². The zero-order valence-corrected chi connectivity index (χ0v) is 11.3. The van der Waals surface area contributed by atoms with Gasteiger partial charge in [-0.15, -0.1) is 0 Å². The van der Waals surface area contributed by atoms with Crippen molar-refractivity contribution < 1.29 is 0 Å². The highest BCUT2D eigenvalue weighted by Crippen LogP contribution is 2.43. The second kappa shape index (κ2) is 4.10. The summed E-state index contributed by atoms with van der Waals surface area (Å²) in [7, 11) is 0. The van der Waals surface area contributed by atoms with E-state index in [0.29, 0.717) is 0 Å². The third kappa shape index (κ3) is 1.62. The Kier molecular flexibility index (Phi) is 2.71. The number of hydrogen-bond acceptors (Lipinski definition) is 2. The van der Waals surface area contributed by atoms with E-state index in [1.807, 2.05) is 0 Å². The fraction of sp³-hybridized carbons (Fsp3) is 0.462. The molecule has 0 aliphatic heterocycles. The van der Waals surface area contributed by atoms with Crippen LogP contribution in [0.15, 0.2) is 22.8 Å². The highest BCUT2D eigenvalue weighted by atomic mass is 79.9. The van der Waals surface area contributed by atoms with E-state index in [9.17, 15) is 0 Å². The summed E-state index contributed by atoms with van der Waals surface area (Å²) in [6, 6.07) is 6.38. The van der Waals surface area contributed by atoms with Crippen LogP contribution in [0.5, 0.6) is 0 Å². The summed E-state index contributed by atoms with van der Waals surface area (Å²) in [6.07, 6.45) is 4.93. The number of nitrogens with zero attached hydrogens (tertiary/aromatic N) is 1. The van der Waals surface area contributed by atoms with Crippen molar-refractivity contribution in [2.24, 2.45) is 5.73 Å². The molecule has 90 valence electrons. The lowest BCUT2D eigenvalue weighted by Gasteiger charge is -2.28. The van der Waals surface area contributed by atoms with Gasteiger partial charge in [-0.1, -0.05) is 31.0 Å². The van der Waals surface area contributed by atoms with Gasteiger partial charge >= 0.3 is 0 Å². The summed E-state index contributed by atoms with van der Waals surface area (Å²) in [4.78, 5) is 0. The van der Waals surface area contributed by atoms with E-state index < -0.39 is 0 Å². The number of H-pyrrole nitrogens is 1. The molecule has 1 saturated carbocycles. The number of para-hydroxylation sites is 1. The van der Waals surface area contributed by atoms with Gasteiger partial charge in [0.05, 0.1) is 5.52 Å². The summed E-state index contributed by atoms with van der Waals surface area (Å²) in [5.74, 6) is 0. The van der Waals surface area contributed by atoms with Crippen LogP contribution in [0.4, 0.5) is 0 Å². The quantitative estimate of drug-likeness (QED) is 0.894. The Hall–Kier alpha value is -0.870. The van der Waals surface area contributed by atoms with Crippen molar-refractivity contribution in [3.05, 3.63) is 28.4 Å². The van der Waals surface area contributed by atoms with Crippen molar-refractivity contribution in [2.45, 2.75) is 31.1 Å². The minimum atomic E-state index is 0.147. The average molecular weight is 294 g/mol. The standard InChI is InChI=1S/C13H16BrN3/c14-12-9-4-3-5-10(11(9)16-17-12)13(8-15)6-1-2-7-13/h3-5H,1-2,6-8,15H2,(H,16,17). The van der Waals surface area contributed by atoms with Crippen LogP contribution in [0, 0.1) is 0 Å². The lowest BCUT2D eigenvalue weighted by atomic mass is 9.78. The molecule has 0 unspecified atom stereocenters. The van der Waals surface area contributed by atoms with E-state index in [1.165, 1.54) is 31.2 Å². The van der Waals surface area contributed by atoms with Crippen LogP contribution in [0.25, 0.3) is 10.9 Å². The molecule has 0 saturated heterocycles. The molecule has 0 radical (unpaired) electrons. The van der Waals surface area contributed by atoms with Gasteiger partial charge in [-0.2, -0.15) is 5.10 Å². The normalized spacial score (nSPS) is 18.9. The molecule has 1 aliphatic rings. The van der Waals surface area contributed by atoms with Crippen LogP contribution in [0.3, 0.4) is 0 Å². The molecule has 1 aliphatic carbocycles. The van der Waals surface area contributed by atoms with Crippen molar-refractivity contribution in [1.29, 1.82) is 0 Å². The summed E-state index contributed by atoms with van der Waals surface area (Å²) < 4.78 is 0.958. The minimum Gasteiger partial charge on any atom is -0.330 e. The van der Waals surface area contributed by atoms with Crippen molar-refractivity contribution in [1.82, 2.24) is 10.2 Å². The summed E-state index contributed by atoms with van der Waals surface area (Å²) in [5, 5.41) is 8.59. The third-order valence-electron chi connectivity index (χ3n) is 4.06. The van der Waals surface area contributed by atoms with Gasteiger partial charge in [-0.3, -0.25) is 5.10 Å². The fourth-order valence-corrected chi connectivity index (χ4v) is 3.48. The molecular formula is C13H16BrN3. The fourth-order valence-electron chi connectivity index (χ4n) is 3.07. The van der Waals surface area contributed by atoms with E-state index in [0.717, 1.165) is 22.1 Å². The molecular weight excluding hydrogens is 278 g/mol. The second-order valence-electron chi connectivity index (χ2n) is 4.93. The molecule has 1 aromatic carbocycles. The molecule has 1 fully saturated rings. The summed E-state index contributed by atoms with van der Waals surface area (Å²) >= 11 is 3.50. The number of fused-ring (bicyclic) bond motifs is 1. The van der Waals surface area contributed by atoms with Gasteiger partial charge in [0.2, 0.25) is 0 Å². The number of aromatic nitrogens is 2. The summed E-state index contributed by atoms with van der Waals surface area (Å²) in [5.41, 5.74) is 8.59. The van der Waals surface area contributed by atoms with Gasteiger partial charge in [-0.25, -0.2) is 0 Å². The highest BCUT2D eigenvalue weighted by molar-refractivity contribution is 9.10. The van der Waals surface area contributed by atoms with Crippen LogP contribution < -0.4 is 5.73 Å². The number of halogens is 1. The number of nitrogens with one attached hydrogen (secondary N) is 1. The number of hydrogen-bond donors (Lipinski definition) is 2. The van der Waals surface area contributed by atoms with Crippen molar-refractivity contribution in [2.75, 3.05) is 6.54 Å². The maximum Gasteiger partial charge on any atom is 0.108 e. The zero-order chi connectivity index (χ0) is 11.9. The molecule has 0 amide bonds. The molecule has 1 aromatic heterocycles. The first-order valence-electron chi connectivity index (χ1n) is 6.10. The SMILES string of the molecule is NCC1(c2cccc3c(Br)[nH]nc23)CCCC1. The van der Waals surface area contributed by atoms with Gasteiger partial charge < -0.3 is 5.73 Å². The van der Waals surface area contributed by atoms with Gasteiger partial charge in [0.1, 0.15) is 4.60 Å². The highest BCUT2D eigenvalue weighted by Gasteiger charge is 2.36. The zero-order valence-electron chi connectivity index (χ0n) is 9.67. The van der Waals surface area contributed by atoms with E-state index in [2.05, 4.69) is 44.3 Å². The van der Waals surface area contributed by atoms with E-state index >= 15 is 0 Å². The summed E-state index contributed by atoms with van der Waals surface area (Å²) in [6.45, 7) is 0.719. The molecule has 2 aromatic rings. The van der Waals surface area contributed by atoms with Crippen LogP contribution in [0.1, 0.15) is 31.2 Å². The smallest absolute Gasteiger partial charge is 0.108 e. The first-order chi connectivity index (χ1) is 8.27. The molecule has 0 atom stereocenters. The molecule has 0 spiro atoms. The van der Waals surface area contributed by atoms with Crippen molar-refractivity contribution in [3.8, 4) is 0 Å². The topological polar surface area (TPSA) is 54.7 Å². The van der Waals surface area contributed by atoms with Gasteiger partial charge in [0.15, 0.2) is 0 Å². The maximum absolute atomic E-state index is 6.05.